The van der Waals surface area contributed by atoms with Crippen LogP contribution in [-0.4, -0.2) is 42.9 Å². The predicted octanol–water partition coefficient (Wildman–Crippen LogP) is 2.90. The van der Waals surface area contributed by atoms with Crippen LogP contribution in [0.25, 0.3) is 0 Å². The van der Waals surface area contributed by atoms with Crippen molar-refractivity contribution in [1.82, 2.24) is 4.90 Å². The van der Waals surface area contributed by atoms with E-state index in [-0.39, 0.29) is 12.0 Å². The summed E-state index contributed by atoms with van der Waals surface area (Å²) in [5.41, 5.74) is 1.45. The largest absolute Gasteiger partial charge is 0.468 e. The van der Waals surface area contributed by atoms with Crippen LogP contribution < -0.4 is 0 Å². The maximum Gasteiger partial charge on any atom is 0.323 e. The standard InChI is InChI=1S/C16H21NO2S/c1-19-16(18)14-7-4-5-9-17(14)10-12-11-20-15-8-3-2-6-13(12)15/h2-3,6,8,12,14H,4-5,7,9-11H2,1H3. The van der Waals surface area contributed by atoms with Crippen LogP contribution in [0.5, 0.6) is 0 Å². The van der Waals surface area contributed by atoms with Crippen LogP contribution in [-0.2, 0) is 9.53 Å². The monoisotopic (exact) mass is 291 g/mol. The molecule has 0 N–H and O–H groups in total. The Labute approximate surface area is 124 Å². The number of methoxy groups -OCH3 is 1. The molecule has 1 saturated heterocycles. The van der Waals surface area contributed by atoms with Crippen LogP contribution in [0, 0.1) is 0 Å². The number of benzene rings is 1. The average molecular weight is 291 g/mol. The van der Waals surface area contributed by atoms with Gasteiger partial charge in [0.1, 0.15) is 6.04 Å². The smallest absolute Gasteiger partial charge is 0.323 e. The van der Waals surface area contributed by atoms with Crippen molar-refractivity contribution < 1.29 is 9.53 Å². The quantitative estimate of drug-likeness (QED) is 0.801. The topological polar surface area (TPSA) is 29.5 Å². The van der Waals surface area contributed by atoms with Gasteiger partial charge in [0.25, 0.3) is 0 Å². The van der Waals surface area contributed by atoms with Crippen LogP contribution >= 0.6 is 11.8 Å². The Morgan fingerprint density at radius 3 is 3.10 bits per heavy atom. The van der Waals surface area contributed by atoms with Gasteiger partial charge in [-0.15, -0.1) is 11.8 Å². The van der Waals surface area contributed by atoms with E-state index in [9.17, 15) is 4.79 Å². The molecular weight excluding hydrogens is 270 g/mol. The van der Waals surface area contributed by atoms with Crippen LogP contribution in [0.1, 0.15) is 30.7 Å². The van der Waals surface area contributed by atoms with E-state index in [4.69, 9.17) is 4.74 Å². The van der Waals surface area contributed by atoms with Crippen molar-refractivity contribution >= 4 is 17.7 Å². The van der Waals surface area contributed by atoms with Crippen LogP contribution in [0.3, 0.4) is 0 Å². The van der Waals surface area contributed by atoms with Crippen molar-refractivity contribution in [2.24, 2.45) is 0 Å². The van der Waals surface area contributed by atoms with E-state index in [1.807, 2.05) is 11.8 Å². The number of carbonyl (C=O) groups excluding carboxylic acids is 1. The van der Waals surface area contributed by atoms with Gasteiger partial charge in [-0.05, 0) is 31.0 Å². The number of carbonyl (C=O) groups is 1. The maximum atomic E-state index is 11.9. The van der Waals surface area contributed by atoms with Crippen LogP contribution in [0.2, 0.25) is 0 Å². The van der Waals surface area contributed by atoms with Gasteiger partial charge < -0.3 is 4.74 Å². The van der Waals surface area contributed by atoms with Gasteiger partial charge in [0.15, 0.2) is 0 Å². The first kappa shape index (κ1) is 14.0. The summed E-state index contributed by atoms with van der Waals surface area (Å²) in [6.07, 6.45) is 3.26. The summed E-state index contributed by atoms with van der Waals surface area (Å²) in [5.74, 6) is 1.61. The Balaban J connectivity index is 1.72. The SMILES string of the molecule is COC(=O)C1CCCCN1CC1CSc2ccccc21. The molecule has 0 aliphatic carbocycles. The number of thioether (sulfide) groups is 1. The Morgan fingerprint density at radius 1 is 1.40 bits per heavy atom. The zero-order chi connectivity index (χ0) is 13.9. The highest BCUT2D eigenvalue weighted by molar-refractivity contribution is 7.99. The highest BCUT2D eigenvalue weighted by Gasteiger charge is 2.33. The Bertz CT molecular complexity index is 491. The summed E-state index contributed by atoms with van der Waals surface area (Å²) >= 11 is 1.94. The third-order valence-corrected chi connectivity index (χ3v) is 5.59. The average Bonchev–Trinajstić information content (AvgIpc) is 2.90. The Hall–Kier alpha value is -1.00. The van der Waals surface area contributed by atoms with Gasteiger partial charge in [-0.1, -0.05) is 24.6 Å². The lowest BCUT2D eigenvalue weighted by molar-refractivity contribution is -0.148. The molecule has 2 aliphatic rings. The van der Waals surface area contributed by atoms with E-state index < -0.39 is 0 Å². The zero-order valence-electron chi connectivity index (χ0n) is 11.9. The Kier molecular flexibility index (Phi) is 4.32. The number of ether oxygens (including phenoxy) is 1. The van der Waals surface area contributed by atoms with E-state index in [1.54, 1.807) is 0 Å². The third-order valence-electron chi connectivity index (χ3n) is 4.34. The van der Waals surface area contributed by atoms with Crippen molar-refractivity contribution in [2.45, 2.75) is 36.1 Å². The molecule has 20 heavy (non-hydrogen) atoms. The first-order valence-electron chi connectivity index (χ1n) is 7.33. The minimum Gasteiger partial charge on any atom is -0.468 e. The number of piperidine rings is 1. The summed E-state index contributed by atoms with van der Waals surface area (Å²) < 4.78 is 4.97. The first-order chi connectivity index (χ1) is 9.79. The lowest BCUT2D eigenvalue weighted by Crippen LogP contribution is -2.46. The minimum atomic E-state index is -0.0661. The van der Waals surface area contributed by atoms with Gasteiger partial charge in [-0.25, -0.2) is 0 Å². The van der Waals surface area contributed by atoms with Gasteiger partial charge in [-0.2, -0.15) is 0 Å². The molecule has 0 radical (unpaired) electrons. The van der Waals surface area contributed by atoms with Gasteiger partial charge in [-0.3, -0.25) is 9.69 Å². The molecular formula is C16H21NO2S. The minimum absolute atomic E-state index is 0.0356. The lowest BCUT2D eigenvalue weighted by Gasteiger charge is -2.35. The third kappa shape index (κ3) is 2.72. The molecule has 2 atom stereocenters. The molecule has 108 valence electrons. The van der Waals surface area contributed by atoms with Gasteiger partial charge >= 0.3 is 5.97 Å². The van der Waals surface area contributed by atoms with Crippen LogP contribution in [0.4, 0.5) is 0 Å². The first-order valence-corrected chi connectivity index (χ1v) is 8.31. The van der Waals surface area contributed by atoms with Crippen LogP contribution in [0.15, 0.2) is 29.2 Å². The zero-order valence-corrected chi connectivity index (χ0v) is 12.7. The molecule has 2 heterocycles. The van der Waals surface area contributed by atoms with E-state index >= 15 is 0 Å². The van der Waals surface area contributed by atoms with E-state index in [2.05, 4.69) is 29.2 Å². The van der Waals surface area contributed by atoms with Crippen molar-refractivity contribution in [3.05, 3.63) is 29.8 Å². The molecule has 0 saturated carbocycles. The molecule has 2 aliphatic heterocycles. The fourth-order valence-corrected chi connectivity index (χ4v) is 4.52. The van der Waals surface area contributed by atoms with Gasteiger partial charge in [0.2, 0.25) is 0 Å². The predicted molar refractivity (Wildman–Crippen MR) is 81.1 cm³/mol. The van der Waals surface area contributed by atoms with Crippen molar-refractivity contribution in [3.63, 3.8) is 0 Å². The molecule has 1 aromatic carbocycles. The molecule has 4 heteroatoms. The second-order valence-corrected chi connectivity index (χ2v) is 6.64. The molecule has 0 bridgehead atoms. The van der Waals surface area contributed by atoms with Crippen molar-refractivity contribution in [2.75, 3.05) is 26.0 Å². The number of nitrogens with zero attached hydrogens (tertiary/aromatic N) is 1. The fourth-order valence-electron chi connectivity index (χ4n) is 3.28. The van der Waals surface area contributed by atoms with Crippen molar-refractivity contribution in [1.29, 1.82) is 0 Å². The second kappa shape index (κ2) is 6.19. The van der Waals surface area contributed by atoms with Gasteiger partial charge in [0.05, 0.1) is 7.11 Å². The summed E-state index contributed by atoms with van der Waals surface area (Å²) in [6.45, 7) is 1.99. The second-order valence-electron chi connectivity index (χ2n) is 5.58. The highest BCUT2D eigenvalue weighted by Crippen LogP contribution is 2.40. The number of likely N-dealkylation sites (tertiary alicyclic amines) is 1. The van der Waals surface area contributed by atoms with Gasteiger partial charge in [0, 0.05) is 23.1 Å². The molecule has 0 spiro atoms. The molecule has 3 rings (SSSR count). The summed E-state index contributed by atoms with van der Waals surface area (Å²) in [4.78, 5) is 15.7. The van der Waals surface area contributed by atoms with E-state index in [0.29, 0.717) is 5.92 Å². The molecule has 1 aromatic rings. The summed E-state index contributed by atoms with van der Waals surface area (Å²) in [7, 11) is 1.50. The van der Waals surface area contributed by atoms with E-state index in [0.717, 1.165) is 31.7 Å². The molecule has 3 nitrogen and oxygen atoms in total. The molecule has 1 fully saturated rings. The molecule has 0 amide bonds. The maximum absolute atomic E-state index is 11.9. The number of hydrogen-bond donors (Lipinski definition) is 0. The normalized spacial score (nSPS) is 26.2. The Morgan fingerprint density at radius 2 is 2.25 bits per heavy atom. The van der Waals surface area contributed by atoms with E-state index in [1.165, 1.54) is 24.0 Å². The molecule has 0 aromatic heterocycles. The number of fused-ring (bicyclic) bond motifs is 1. The highest BCUT2D eigenvalue weighted by atomic mass is 32.2. The summed E-state index contributed by atoms with van der Waals surface area (Å²) in [5, 5.41) is 0. The lowest BCUT2D eigenvalue weighted by atomic mass is 9.96. The fraction of sp³-hybridized carbons (Fsp3) is 0.562. The number of hydrogen-bond acceptors (Lipinski definition) is 4. The number of esters is 1. The molecule has 2 unspecified atom stereocenters. The summed E-state index contributed by atoms with van der Waals surface area (Å²) in [6, 6.07) is 8.62. The number of rotatable bonds is 3. The van der Waals surface area contributed by atoms with Crippen molar-refractivity contribution in [3.8, 4) is 0 Å².